The number of amides is 2. The van der Waals surface area contributed by atoms with Gasteiger partial charge in [0.05, 0.1) is 16.7 Å². The first-order valence-corrected chi connectivity index (χ1v) is 25.2. The molecule has 1 heterocycles. The zero-order chi connectivity index (χ0) is 42.0. The van der Waals surface area contributed by atoms with E-state index in [1.807, 2.05) is 24.3 Å². The fraction of sp³-hybridized carbons (Fsp3) is 0.591. The van der Waals surface area contributed by atoms with Crippen LogP contribution >= 0.6 is 11.6 Å². The molecule has 0 spiro atoms. The van der Waals surface area contributed by atoms with Crippen molar-refractivity contribution < 1.29 is 31.9 Å². The van der Waals surface area contributed by atoms with E-state index in [2.05, 4.69) is 56.6 Å². The molecular formula is C44H64ClN3O7SSi. The molecule has 0 aromatic heterocycles. The van der Waals surface area contributed by atoms with Crippen molar-refractivity contribution in [3.05, 3.63) is 77.9 Å². The third-order valence-electron chi connectivity index (χ3n) is 12.4. The van der Waals surface area contributed by atoms with Gasteiger partial charge in [0.25, 0.3) is 15.9 Å². The topological polar surface area (TPSA) is 114 Å². The number of rotatable bonds is 12. The molecule has 57 heavy (non-hydrogen) atoms. The molecule has 1 N–H and O–H groups in total. The molecule has 13 heteroatoms. The zero-order valence-corrected chi connectivity index (χ0v) is 37.9. The Balaban J connectivity index is 1.48. The maximum Gasteiger partial charge on any atom is 0.411 e. The third-order valence-corrected chi connectivity index (χ3v) is 18.4. The second kappa shape index (κ2) is 17.5. The van der Waals surface area contributed by atoms with Crippen molar-refractivity contribution in [3.63, 3.8) is 0 Å². The molecule has 1 unspecified atom stereocenters. The Morgan fingerprint density at radius 2 is 1.77 bits per heavy atom. The summed E-state index contributed by atoms with van der Waals surface area (Å²) in [6.45, 7) is 26.1. The standard InChI is InChI=1S/C44H64ClN3O7SSi/c1-11-25-48(41(50)54-42(3,4)5)44(23-15-24-44)40(49)46-56(51,52)35-20-22-39-37(28-35)47(26-14-13-16-31-27-34(45)19-17-33(31)30-53-39)29-32-18-21-36(32)38(12-2)55-57(9,10)43(6,7)8/h11-12,17,19-20,22,27-28,32,36,38H,1-2,13-16,18,21,23-26,29-30H2,3-10H3,(H,46,49)/t32-,36+,38?/m0/s1. The fourth-order valence-corrected chi connectivity index (χ4v) is 10.3. The molecule has 2 aliphatic carbocycles. The summed E-state index contributed by atoms with van der Waals surface area (Å²) in [7, 11) is -6.47. The zero-order valence-electron chi connectivity index (χ0n) is 35.3. The van der Waals surface area contributed by atoms with Crippen molar-refractivity contribution in [2.24, 2.45) is 11.8 Å². The molecule has 2 fully saturated rings. The van der Waals surface area contributed by atoms with Gasteiger partial charge in [-0.1, -0.05) is 50.6 Å². The lowest BCUT2D eigenvalue weighted by atomic mass is 9.70. The molecule has 1 aliphatic heterocycles. The predicted octanol–water partition coefficient (Wildman–Crippen LogP) is 9.81. The van der Waals surface area contributed by atoms with E-state index in [0.29, 0.717) is 48.8 Å². The van der Waals surface area contributed by atoms with Crippen LogP contribution in [0.2, 0.25) is 23.2 Å². The SMILES string of the molecule is C=CCN(C(=O)OC(C)(C)C)C1(C(=O)NS(=O)(=O)c2ccc3c(c2)N(C[C@@H]2CC[C@H]2C(C=C)O[Si](C)(C)C(C)(C)C)CCCCc2cc(Cl)ccc2CO3)CCC1. The van der Waals surface area contributed by atoms with Crippen LogP contribution in [0.25, 0.3) is 0 Å². The lowest BCUT2D eigenvalue weighted by molar-refractivity contribution is -0.137. The van der Waals surface area contributed by atoms with Crippen LogP contribution in [0, 0.1) is 11.8 Å². The van der Waals surface area contributed by atoms with Crippen LogP contribution in [-0.4, -0.2) is 70.5 Å². The highest BCUT2D eigenvalue weighted by molar-refractivity contribution is 7.90. The number of halogens is 1. The monoisotopic (exact) mass is 841 g/mol. The number of aryl methyl sites for hydroxylation is 1. The van der Waals surface area contributed by atoms with Crippen LogP contribution in [0.15, 0.2) is 66.6 Å². The Kier molecular flexibility index (Phi) is 13.7. The van der Waals surface area contributed by atoms with E-state index in [9.17, 15) is 18.0 Å². The molecule has 2 aromatic carbocycles. The van der Waals surface area contributed by atoms with Gasteiger partial charge in [0, 0.05) is 24.7 Å². The highest BCUT2D eigenvalue weighted by Gasteiger charge is 2.53. The van der Waals surface area contributed by atoms with Gasteiger partial charge in [0.15, 0.2) is 8.32 Å². The van der Waals surface area contributed by atoms with Crippen LogP contribution in [0.3, 0.4) is 0 Å². The highest BCUT2D eigenvalue weighted by atomic mass is 35.5. The summed E-state index contributed by atoms with van der Waals surface area (Å²) in [4.78, 5) is 30.9. The minimum absolute atomic E-state index is 0.0264. The number of anilines is 1. The third kappa shape index (κ3) is 10.3. The normalized spacial score (nSPS) is 20.5. The van der Waals surface area contributed by atoms with Crippen molar-refractivity contribution in [3.8, 4) is 5.75 Å². The summed E-state index contributed by atoms with van der Waals surface area (Å²) in [6.07, 6.45) is 8.60. The number of hydrogen-bond acceptors (Lipinski definition) is 8. The maximum absolute atomic E-state index is 14.2. The van der Waals surface area contributed by atoms with Crippen LogP contribution in [0.5, 0.6) is 5.75 Å². The average molecular weight is 843 g/mol. The van der Waals surface area contributed by atoms with E-state index >= 15 is 0 Å². The fourth-order valence-electron chi connectivity index (χ4n) is 7.73. The van der Waals surface area contributed by atoms with Crippen LogP contribution in [0.4, 0.5) is 10.5 Å². The molecule has 0 radical (unpaired) electrons. The Bertz CT molecular complexity index is 1920. The smallest absolute Gasteiger partial charge is 0.411 e. The summed E-state index contributed by atoms with van der Waals surface area (Å²) in [5, 5.41) is 0.733. The largest absolute Gasteiger partial charge is 0.487 e. The van der Waals surface area contributed by atoms with Gasteiger partial charge in [0.1, 0.15) is 23.5 Å². The first-order chi connectivity index (χ1) is 26.6. The molecule has 3 aliphatic rings. The van der Waals surface area contributed by atoms with Gasteiger partial charge >= 0.3 is 6.09 Å². The van der Waals surface area contributed by atoms with Crippen LogP contribution < -0.4 is 14.4 Å². The van der Waals surface area contributed by atoms with E-state index < -0.39 is 41.5 Å². The Morgan fingerprint density at radius 3 is 2.35 bits per heavy atom. The van der Waals surface area contributed by atoms with Crippen molar-refractivity contribution in [1.82, 2.24) is 9.62 Å². The lowest BCUT2D eigenvalue weighted by Crippen LogP contribution is -2.65. The van der Waals surface area contributed by atoms with Crippen molar-refractivity contribution in [2.75, 3.05) is 24.5 Å². The van der Waals surface area contributed by atoms with Gasteiger partial charge in [-0.05, 0) is 144 Å². The summed E-state index contributed by atoms with van der Waals surface area (Å²) < 4.78 is 49.9. The number of fused-ring (bicyclic) bond motifs is 2. The molecule has 10 nitrogen and oxygen atoms in total. The van der Waals surface area contributed by atoms with Gasteiger partial charge in [-0.3, -0.25) is 9.69 Å². The van der Waals surface area contributed by atoms with Crippen LogP contribution in [-0.2, 0) is 37.0 Å². The molecule has 0 saturated heterocycles. The molecule has 314 valence electrons. The first-order valence-electron chi connectivity index (χ1n) is 20.4. The summed E-state index contributed by atoms with van der Waals surface area (Å²) in [5.74, 6) is 0.345. The van der Waals surface area contributed by atoms with Gasteiger partial charge in [0.2, 0.25) is 0 Å². The van der Waals surface area contributed by atoms with Gasteiger partial charge in [-0.25, -0.2) is 17.9 Å². The first kappa shape index (κ1) is 44.8. The Hall–Kier alpha value is -3.32. The number of ether oxygens (including phenoxy) is 2. The van der Waals surface area contributed by atoms with E-state index in [1.54, 1.807) is 32.9 Å². The van der Waals surface area contributed by atoms with E-state index in [0.717, 1.165) is 43.2 Å². The molecule has 5 rings (SSSR count). The average Bonchev–Trinajstić information content (AvgIpc) is 3.10. The predicted molar refractivity (Wildman–Crippen MR) is 231 cm³/mol. The quantitative estimate of drug-likeness (QED) is 0.166. The Labute approximate surface area is 347 Å². The second-order valence-electron chi connectivity index (χ2n) is 18.5. The minimum Gasteiger partial charge on any atom is -0.487 e. The number of carbonyl (C=O) groups excluding carboxylic acids is 2. The number of sulfonamides is 1. The number of hydrogen-bond donors (Lipinski definition) is 1. The molecular weight excluding hydrogens is 778 g/mol. The van der Waals surface area contributed by atoms with Gasteiger partial charge < -0.3 is 18.8 Å². The molecule has 2 saturated carbocycles. The molecule has 2 aromatic rings. The minimum atomic E-state index is -4.40. The summed E-state index contributed by atoms with van der Waals surface area (Å²) >= 11 is 6.41. The molecule has 3 atom stereocenters. The van der Waals surface area contributed by atoms with Crippen molar-refractivity contribution >= 4 is 47.6 Å². The Morgan fingerprint density at radius 1 is 1.05 bits per heavy atom. The van der Waals surface area contributed by atoms with Crippen molar-refractivity contribution in [2.45, 2.75) is 140 Å². The number of nitrogens with zero attached hydrogens (tertiary/aromatic N) is 2. The lowest BCUT2D eigenvalue weighted by Gasteiger charge is -2.48. The maximum atomic E-state index is 14.2. The van der Waals surface area contributed by atoms with Crippen molar-refractivity contribution in [1.29, 1.82) is 0 Å². The van der Waals surface area contributed by atoms with E-state index in [1.165, 1.54) is 17.0 Å². The molecule has 2 amide bonds. The number of carbonyl (C=O) groups is 2. The summed E-state index contributed by atoms with van der Waals surface area (Å²) in [6, 6.07) is 10.6. The van der Waals surface area contributed by atoms with Crippen LogP contribution in [0.1, 0.15) is 97.6 Å². The second-order valence-corrected chi connectivity index (χ2v) is 25.4. The van der Waals surface area contributed by atoms with E-state index in [-0.39, 0.29) is 41.0 Å². The van der Waals surface area contributed by atoms with E-state index in [4.69, 9.17) is 25.5 Å². The van der Waals surface area contributed by atoms with Gasteiger partial charge in [-0.15, -0.1) is 13.2 Å². The number of benzene rings is 2. The van der Waals surface area contributed by atoms with Gasteiger partial charge in [-0.2, -0.15) is 0 Å². The number of nitrogens with one attached hydrogen (secondary N) is 1. The highest BCUT2D eigenvalue weighted by Crippen LogP contribution is 2.45. The summed E-state index contributed by atoms with van der Waals surface area (Å²) in [5.41, 5.74) is 0.610. The molecule has 0 bridgehead atoms.